The molecule has 0 unspecified atom stereocenters. The Morgan fingerprint density at radius 3 is 2.60 bits per heavy atom. The van der Waals surface area contributed by atoms with Gasteiger partial charge in [0.15, 0.2) is 0 Å². The van der Waals surface area contributed by atoms with Gasteiger partial charge in [0, 0.05) is 0 Å². The standard InChI is InChI=1S/C4H7NO3S2/c6-10(7,8)3-1-2-5-4-9/h1-3H2,(H,6,7,8). The number of rotatable bonds is 4. The zero-order chi connectivity index (χ0) is 8.04. The van der Waals surface area contributed by atoms with Gasteiger partial charge < -0.3 is 0 Å². The van der Waals surface area contributed by atoms with Crippen molar-refractivity contribution in [3.05, 3.63) is 0 Å². The molecule has 0 bridgehead atoms. The highest BCUT2D eigenvalue weighted by molar-refractivity contribution is 7.85. The maximum absolute atomic E-state index is 10.1. The van der Waals surface area contributed by atoms with Crippen LogP contribution in [0.5, 0.6) is 0 Å². The van der Waals surface area contributed by atoms with Crippen molar-refractivity contribution >= 4 is 27.5 Å². The van der Waals surface area contributed by atoms with E-state index in [1.807, 2.05) is 0 Å². The molecule has 0 spiro atoms. The molecule has 0 fully saturated rings. The number of thiocarbonyl (C=S) groups is 1. The van der Waals surface area contributed by atoms with E-state index in [1.54, 1.807) is 0 Å². The van der Waals surface area contributed by atoms with E-state index < -0.39 is 10.1 Å². The molecule has 1 N–H and O–H groups in total. The van der Waals surface area contributed by atoms with Gasteiger partial charge in [-0.15, -0.1) is 0 Å². The van der Waals surface area contributed by atoms with Crippen LogP contribution in [0, 0.1) is 0 Å². The molecule has 0 radical (unpaired) electrons. The lowest BCUT2D eigenvalue weighted by molar-refractivity contribution is 0.481. The first kappa shape index (κ1) is 9.71. The Hall–Kier alpha value is -0.290. The molecule has 0 aliphatic rings. The Morgan fingerprint density at radius 2 is 2.20 bits per heavy atom. The summed E-state index contributed by atoms with van der Waals surface area (Å²) in [6, 6.07) is 0. The summed E-state index contributed by atoms with van der Waals surface area (Å²) in [5, 5.41) is 2.09. The summed E-state index contributed by atoms with van der Waals surface area (Å²) < 4.78 is 28.3. The van der Waals surface area contributed by atoms with Gasteiger partial charge in [-0.2, -0.15) is 8.42 Å². The lowest BCUT2D eigenvalue weighted by atomic mass is 10.5. The van der Waals surface area contributed by atoms with Gasteiger partial charge in [-0.05, 0) is 18.6 Å². The highest BCUT2D eigenvalue weighted by Crippen LogP contribution is 1.87. The summed E-state index contributed by atoms with van der Waals surface area (Å²) in [5.41, 5.74) is 0. The molecule has 0 aromatic heterocycles. The van der Waals surface area contributed by atoms with Crippen molar-refractivity contribution in [2.24, 2.45) is 4.99 Å². The van der Waals surface area contributed by atoms with Gasteiger partial charge in [-0.3, -0.25) is 4.55 Å². The minimum Gasteiger partial charge on any atom is -0.286 e. The van der Waals surface area contributed by atoms with Crippen LogP contribution in [0.3, 0.4) is 0 Å². The molecule has 0 amide bonds. The minimum absolute atomic E-state index is 0.270. The van der Waals surface area contributed by atoms with E-state index in [0.29, 0.717) is 6.54 Å². The molecular formula is C4H7NO3S2. The zero-order valence-electron chi connectivity index (χ0n) is 5.15. The fourth-order valence-electron chi connectivity index (χ4n) is 0.372. The van der Waals surface area contributed by atoms with Crippen LogP contribution in [0.15, 0.2) is 4.99 Å². The normalized spacial score (nSPS) is 10.5. The molecule has 0 aliphatic carbocycles. The molecule has 58 valence electrons. The van der Waals surface area contributed by atoms with Gasteiger partial charge in [0.25, 0.3) is 10.1 Å². The van der Waals surface area contributed by atoms with Crippen LogP contribution in [0.4, 0.5) is 0 Å². The summed E-state index contributed by atoms with van der Waals surface area (Å²) in [6.07, 6.45) is 0.280. The molecule has 0 aliphatic heterocycles. The molecule has 6 heteroatoms. The molecule has 0 atom stereocenters. The monoisotopic (exact) mass is 181 g/mol. The maximum Gasteiger partial charge on any atom is 0.264 e. The number of hydrogen-bond donors (Lipinski definition) is 1. The maximum atomic E-state index is 10.1. The predicted molar refractivity (Wildman–Crippen MR) is 40.9 cm³/mol. The van der Waals surface area contributed by atoms with E-state index in [2.05, 4.69) is 22.4 Å². The van der Waals surface area contributed by atoms with Crippen LogP contribution >= 0.6 is 12.2 Å². The van der Waals surface area contributed by atoms with Gasteiger partial charge in [0.05, 0.1) is 17.5 Å². The number of hydrogen-bond acceptors (Lipinski definition) is 4. The van der Waals surface area contributed by atoms with E-state index >= 15 is 0 Å². The third-order valence-electron chi connectivity index (χ3n) is 0.737. The number of nitrogens with zero attached hydrogens (tertiary/aromatic N) is 1. The summed E-state index contributed by atoms with van der Waals surface area (Å²) in [7, 11) is -3.83. The van der Waals surface area contributed by atoms with Crippen LogP contribution < -0.4 is 0 Å². The lowest BCUT2D eigenvalue weighted by Crippen LogP contribution is -2.04. The van der Waals surface area contributed by atoms with Crippen molar-refractivity contribution < 1.29 is 13.0 Å². The summed E-state index contributed by atoms with van der Waals surface area (Å²) in [4.78, 5) is 3.46. The zero-order valence-corrected chi connectivity index (χ0v) is 6.78. The van der Waals surface area contributed by atoms with Crippen molar-refractivity contribution in [1.82, 2.24) is 0 Å². The van der Waals surface area contributed by atoms with Crippen LogP contribution in [-0.4, -0.2) is 30.4 Å². The van der Waals surface area contributed by atoms with Crippen LogP contribution in [-0.2, 0) is 10.1 Å². The van der Waals surface area contributed by atoms with Crippen molar-refractivity contribution in [3.63, 3.8) is 0 Å². The molecule has 0 aromatic rings. The second-order valence-electron chi connectivity index (χ2n) is 1.61. The fourth-order valence-corrected chi connectivity index (χ4v) is 0.957. The van der Waals surface area contributed by atoms with Gasteiger partial charge in [-0.25, -0.2) is 4.99 Å². The average molecular weight is 181 g/mol. The Morgan fingerprint density at radius 1 is 1.60 bits per heavy atom. The summed E-state index contributed by atoms with van der Waals surface area (Å²) >= 11 is 4.23. The van der Waals surface area contributed by atoms with E-state index in [-0.39, 0.29) is 12.2 Å². The van der Waals surface area contributed by atoms with Crippen molar-refractivity contribution in [2.75, 3.05) is 12.3 Å². The second kappa shape index (κ2) is 4.51. The first-order valence-corrected chi connectivity index (χ1v) is 4.57. The Bertz CT molecular complexity index is 227. The molecule has 4 nitrogen and oxygen atoms in total. The first-order chi connectivity index (χ1) is 4.56. The predicted octanol–water partition coefficient (Wildman–Crippen LogP) is 0.367. The molecule has 10 heavy (non-hydrogen) atoms. The van der Waals surface area contributed by atoms with Crippen LogP contribution in [0.2, 0.25) is 0 Å². The van der Waals surface area contributed by atoms with Crippen LogP contribution in [0.25, 0.3) is 0 Å². The summed E-state index contributed by atoms with van der Waals surface area (Å²) in [6.45, 7) is 0.295. The van der Waals surface area contributed by atoms with Gasteiger partial charge in [-0.1, -0.05) is 0 Å². The average Bonchev–Trinajstić information content (AvgIpc) is 1.78. The van der Waals surface area contributed by atoms with E-state index in [4.69, 9.17) is 4.55 Å². The quantitative estimate of drug-likeness (QED) is 0.294. The molecule has 0 aromatic carbocycles. The molecule has 0 heterocycles. The van der Waals surface area contributed by atoms with E-state index in [1.165, 1.54) is 0 Å². The highest BCUT2D eigenvalue weighted by atomic mass is 32.2. The van der Waals surface area contributed by atoms with Crippen molar-refractivity contribution in [3.8, 4) is 0 Å². The third-order valence-corrected chi connectivity index (χ3v) is 1.67. The van der Waals surface area contributed by atoms with Gasteiger partial charge in [0.2, 0.25) is 0 Å². The summed E-state index contributed by atoms with van der Waals surface area (Å²) in [5.74, 6) is -0.270. The van der Waals surface area contributed by atoms with E-state index in [9.17, 15) is 8.42 Å². The Balaban J connectivity index is 3.48. The van der Waals surface area contributed by atoms with Gasteiger partial charge >= 0.3 is 0 Å². The topological polar surface area (TPSA) is 66.7 Å². The second-order valence-corrected chi connectivity index (χ2v) is 3.37. The largest absolute Gasteiger partial charge is 0.286 e. The highest BCUT2D eigenvalue weighted by Gasteiger charge is 2.01. The van der Waals surface area contributed by atoms with Crippen molar-refractivity contribution in [1.29, 1.82) is 0 Å². The molecule has 0 saturated heterocycles. The SMILES string of the molecule is O=S(=O)(O)CCCN=C=S. The smallest absolute Gasteiger partial charge is 0.264 e. The van der Waals surface area contributed by atoms with E-state index in [0.717, 1.165) is 0 Å². The van der Waals surface area contributed by atoms with Crippen molar-refractivity contribution in [2.45, 2.75) is 6.42 Å². The van der Waals surface area contributed by atoms with Crippen LogP contribution in [0.1, 0.15) is 6.42 Å². The minimum atomic E-state index is -3.83. The molecular weight excluding hydrogens is 174 g/mol. The Kier molecular flexibility index (Phi) is 4.38. The lowest BCUT2D eigenvalue weighted by Gasteiger charge is -1.90. The van der Waals surface area contributed by atoms with Gasteiger partial charge in [0.1, 0.15) is 0 Å². The molecule has 0 rings (SSSR count). The first-order valence-electron chi connectivity index (χ1n) is 2.55. The number of isothiocyanates is 1. The number of aliphatic imine (C=N–C) groups is 1. The third kappa shape index (κ3) is 7.71. The fraction of sp³-hybridized carbons (Fsp3) is 0.750. The Labute approximate surface area is 64.7 Å². The molecule has 0 saturated carbocycles.